The van der Waals surface area contributed by atoms with Gasteiger partial charge in [0.05, 0.1) is 22.8 Å². The molecule has 6 rings (SSSR count). The van der Waals surface area contributed by atoms with Gasteiger partial charge in [0, 0.05) is 61.9 Å². The van der Waals surface area contributed by atoms with Crippen molar-refractivity contribution >= 4 is 0 Å². The van der Waals surface area contributed by atoms with Gasteiger partial charge in [0.2, 0.25) is 0 Å². The summed E-state index contributed by atoms with van der Waals surface area (Å²) in [6, 6.07) is 25.7. The Balaban J connectivity index is 0.928. The van der Waals surface area contributed by atoms with Gasteiger partial charge in [-0.25, -0.2) is 9.13 Å². The van der Waals surface area contributed by atoms with Gasteiger partial charge in [0.15, 0.2) is 24.8 Å². The quantitative estimate of drug-likeness (QED) is 0.101. The van der Waals surface area contributed by atoms with Crippen LogP contribution in [0.5, 0.6) is 0 Å². The first kappa shape index (κ1) is 30.9. The summed E-state index contributed by atoms with van der Waals surface area (Å²) in [5.41, 5.74) is 11.3. The van der Waals surface area contributed by atoms with Gasteiger partial charge in [-0.1, -0.05) is 0 Å². The van der Waals surface area contributed by atoms with Crippen molar-refractivity contribution in [2.75, 3.05) is 0 Å². The zero-order valence-electron chi connectivity index (χ0n) is 26.9. The monoisotopic (exact) mass is 606 g/mol. The average Bonchev–Trinajstić information content (AvgIpc) is 3.09. The summed E-state index contributed by atoms with van der Waals surface area (Å²) in [7, 11) is 0. The van der Waals surface area contributed by atoms with Crippen LogP contribution in [-0.4, -0.2) is 19.9 Å². The van der Waals surface area contributed by atoms with E-state index in [2.05, 4.69) is 128 Å². The number of nitrogens with zero attached hydrogens (tertiary/aromatic N) is 6. The molecule has 6 heteroatoms. The number of hydrogen-bond acceptors (Lipinski definition) is 4. The molecule has 0 N–H and O–H groups in total. The molecule has 6 aromatic rings. The molecule has 230 valence electrons. The molecule has 0 bridgehead atoms. The molecule has 6 aromatic heterocycles. The Morgan fingerprint density at radius 1 is 0.435 bits per heavy atom. The van der Waals surface area contributed by atoms with Crippen LogP contribution in [0.15, 0.2) is 122 Å². The molecule has 46 heavy (non-hydrogen) atoms. The summed E-state index contributed by atoms with van der Waals surface area (Å²) >= 11 is 0. The second-order valence-corrected chi connectivity index (χ2v) is 12.1. The molecule has 6 nitrogen and oxygen atoms in total. The van der Waals surface area contributed by atoms with E-state index >= 15 is 0 Å². The highest BCUT2D eigenvalue weighted by Crippen LogP contribution is 2.19. The molecule has 0 aliphatic rings. The van der Waals surface area contributed by atoms with Crippen LogP contribution in [0.25, 0.3) is 33.9 Å². The van der Waals surface area contributed by atoms with Gasteiger partial charge in [-0.05, 0) is 121 Å². The van der Waals surface area contributed by atoms with Crippen LogP contribution in [-0.2, 0) is 25.9 Å². The van der Waals surface area contributed by atoms with Crippen LogP contribution < -0.4 is 9.13 Å². The molecule has 0 saturated carbocycles. The summed E-state index contributed by atoms with van der Waals surface area (Å²) < 4.78 is 4.56. The predicted octanol–water partition coefficient (Wildman–Crippen LogP) is 7.51. The van der Waals surface area contributed by atoms with Crippen LogP contribution in [0.2, 0.25) is 0 Å². The van der Waals surface area contributed by atoms with Crippen molar-refractivity contribution in [3.8, 4) is 33.9 Å². The van der Waals surface area contributed by atoms with Crippen LogP contribution >= 0.6 is 0 Å². The number of unbranched alkanes of at least 4 members (excludes halogenated alkanes) is 2. The van der Waals surface area contributed by atoms with Crippen molar-refractivity contribution < 1.29 is 9.13 Å². The molecule has 0 amide bonds. The van der Waals surface area contributed by atoms with E-state index in [4.69, 9.17) is 0 Å². The molecule has 0 fully saturated rings. The Morgan fingerprint density at radius 3 is 1.20 bits per heavy atom. The standard InChI is InChI=1S/C40H42N6/c1-31-9-17-41-37(27-31)39-29-33(11-19-43-39)7-3-5-21-45-23-13-35(14-24-45)36-15-25-46(26-16-36)22-6-4-8-34-12-20-44-40(30-34)38-28-32(2)10-18-42-38/h9-20,23-30H,3-8,21-22H2,1-2H3/q+2. The van der Waals surface area contributed by atoms with Gasteiger partial charge in [0.1, 0.15) is 13.1 Å². The molecule has 0 atom stereocenters. The molecule has 0 aliphatic heterocycles. The van der Waals surface area contributed by atoms with Crippen molar-refractivity contribution in [1.82, 2.24) is 19.9 Å². The maximum atomic E-state index is 4.53. The molecular weight excluding hydrogens is 564 g/mol. The molecule has 0 spiro atoms. The molecule has 0 aliphatic carbocycles. The lowest BCUT2D eigenvalue weighted by molar-refractivity contribution is -0.697. The normalized spacial score (nSPS) is 11.1. The Kier molecular flexibility index (Phi) is 10.3. The smallest absolute Gasteiger partial charge is 0.169 e. The SMILES string of the molecule is Cc1ccnc(-c2cc(CCCC[n+]3ccc(-c4cc[n+](CCCCc5ccnc(-c6cc(C)ccn6)c5)cc4)cc3)ccn2)c1. The Hall–Kier alpha value is -5.10. The van der Waals surface area contributed by atoms with E-state index in [0.29, 0.717) is 0 Å². The molecule has 0 aromatic carbocycles. The second-order valence-electron chi connectivity index (χ2n) is 12.1. The summed E-state index contributed by atoms with van der Waals surface area (Å²) in [6.07, 6.45) is 22.9. The minimum atomic E-state index is 0.939. The van der Waals surface area contributed by atoms with Gasteiger partial charge < -0.3 is 0 Å². The predicted molar refractivity (Wildman–Crippen MR) is 183 cm³/mol. The van der Waals surface area contributed by atoms with Gasteiger partial charge >= 0.3 is 0 Å². The summed E-state index contributed by atoms with van der Waals surface area (Å²) in [5.74, 6) is 0. The Bertz CT molecular complexity index is 1730. The summed E-state index contributed by atoms with van der Waals surface area (Å²) in [4.78, 5) is 18.0. The average molecular weight is 607 g/mol. The molecular formula is C40H42N6+2. The minimum absolute atomic E-state index is 0.939. The van der Waals surface area contributed by atoms with Crippen molar-refractivity contribution in [1.29, 1.82) is 0 Å². The number of pyridine rings is 6. The van der Waals surface area contributed by atoms with Gasteiger partial charge in [-0.15, -0.1) is 0 Å². The highest BCUT2D eigenvalue weighted by molar-refractivity contribution is 5.61. The highest BCUT2D eigenvalue weighted by atomic mass is 14.9. The summed E-state index contributed by atoms with van der Waals surface area (Å²) in [5, 5.41) is 0. The van der Waals surface area contributed by atoms with Gasteiger partial charge in [-0.3, -0.25) is 19.9 Å². The molecule has 0 saturated heterocycles. The van der Waals surface area contributed by atoms with Crippen molar-refractivity contribution in [3.05, 3.63) is 145 Å². The Labute approximate surface area is 272 Å². The van der Waals surface area contributed by atoms with Crippen molar-refractivity contribution in [3.63, 3.8) is 0 Å². The van der Waals surface area contributed by atoms with Crippen LogP contribution in [0.1, 0.15) is 47.9 Å². The third-order valence-electron chi connectivity index (χ3n) is 8.38. The molecule has 6 heterocycles. The first-order valence-corrected chi connectivity index (χ1v) is 16.3. The second kappa shape index (κ2) is 15.3. The van der Waals surface area contributed by atoms with Crippen LogP contribution in [0.3, 0.4) is 0 Å². The van der Waals surface area contributed by atoms with Crippen LogP contribution in [0.4, 0.5) is 0 Å². The minimum Gasteiger partial charge on any atom is -0.255 e. The fraction of sp³-hybridized carbons (Fsp3) is 0.250. The van der Waals surface area contributed by atoms with E-state index in [1.807, 2.05) is 36.9 Å². The largest absolute Gasteiger partial charge is 0.255 e. The lowest BCUT2D eigenvalue weighted by Gasteiger charge is -2.05. The van der Waals surface area contributed by atoms with E-state index < -0.39 is 0 Å². The molecule has 0 radical (unpaired) electrons. The van der Waals surface area contributed by atoms with E-state index in [1.54, 1.807) is 0 Å². The van der Waals surface area contributed by atoms with E-state index in [1.165, 1.54) is 33.4 Å². The van der Waals surface area contributed by atoms with Gasteiger partial charge in [0.25, 0.3) is 0 Å². The zero-order chi connectivity index (χ0) is 31.6. The summed E-state index contributed by atoms with van der Waals surface area (Å²) in [6.45, 7) is 6.19. The number of aromatic nitrogens is 6. The number of hydrogen-bond donors (Lipinski definition) is 0. The number of aryl methyl sites for hydroxylation is 6. The van der Waals surface area contributed by atoms with Gasteiger partial charge in [-0.2, -0.15) is 0 Å². The van der Waals surface area contributed by atoms with E-state index in [0.717, 1.165) is 74.4 Å². The number of rotatable bonds is 13. The van der Waals surface area contributed by atoms with E-state index in [-0.39, 0.29) is 0 Å². The van der Waals surface area contributed by atoms with E-state index in [9.17, 15) is 0 Å². The maximum Gasteiger partial charge on any atom is 0.169 e. The fourth-order valence-corrected chi connectivity index (χ4v) is 5.74. The first-order chi connectivity index (χ1) is 22.6. The lowest BCUT2D eigenvalue weighted by Crippen LogP contribution is -2.33. The zero-order valence-corrected chi connectivity index (χ0v) is 26.9. The third-order valence-corrected chi connectivity index (χ3v) is 8.38. The van der Waals surface area contributed by atoms with Crippen molar-refractivity contribution in [2.24, 2.45) is 0 Å². The lowest BCUT2D eigenvalue weighted by atomic mass is 10.1. The molecule has 0 unspecified atom stereocenters. The maximum absolute atomic E-state index is 4.53. The topological polar surface area (TPSA) is 59.3 Å². The van der Waals surface area contributed by atoms with Crippen LogP contribution in [0, 0.1) is 13.8 Å². The first-order valence-electron chi connectivity index (χ1n) is 16.3. The van der Waals surface area contributed by atoms with Crippen molar-refractivity contribution in [2.45, 2.75) is 65.5 Å². The Morgan fingerprint density at radius 2 is 0.804 bits per heavy atom. The highest BCUT2D eigenvalue weighted by Gasteiger charge is 2.08. The third kappa shape index (κ3) is 8.54. The fourth-order valence-electron chi connectivity index (χ4n) is 5.74.